The number of carbonyl (C=O) groups excluding carboxylic acids is 1. The van der Waals surface area contributed by atoms with Gasteiger partial charge in [-0.1, -0.05) is 6.07 Å². The zero-order valence-electron chi connectivity index (χ0n) is 16.9. The normalized spacial score (nSPS) is 13.9. The number of piperazine rings is 1. The van der Waals surface area contributed by atoms with Crippen molar-refractivity contribution in [2.24, 2.45) is 5.14 Å². The zero-order valence-corrected chi connectivity index (χ0v) is 19.4. The second-order valence-corrected chi connectivity index (χ2v) is 8.30. The van der Waals surface area contributed by atoms with Crippen molar-refractivity contribution < 1.29 is 18.7 Å². The van der Waals surface area contributed by atoms with Crippen LogP contribution in [0.3, 0.4) is 0 Å². The first-order chi connectivity index (χ1) is 13.4. The molecule has 31 heavy (non-hydrogen) atoms. The average molecular weight is 494 g/mol. The summed E-state index contributed by atoms with van der Waals surface area (Å²) in [4.78, 5) is 21.1. The number of carbonyl (C=O) groups is 1. The maximum absolute atomic E-state index is 12.1. The number of hydrogen-bond donors (Lipinski definition) is 2. The van der Waals surface area contributed by atoms with Crippen LogP contribution in [0, 0.1) is 0 Å². The van der Waals surface area contributed by atoms with Gasteiger partial charge in [0.25, 0.3) is 0 Å². The van der Waals surface area contributed by atoms with Crippen LogP contribution in [0.4, 0.5) is 11.5 Å². The van der Waals surface area contributed by atoms with E-state index in [-0.39, 0.29) is 41.1 Å². The molecular weight excluding hydrogens is 465 g/mol. The summed E-state index contributed by atoms with van der Waals surface area (Å²) in [6, 6.07) is 11.8. The predicted molar refractivity (Wildman–Crippen MR) is 127 cm³/mol. The van der Waals surface area contributed by atoms with E-state index in [2.05, 4.69) is 20.1 Å². The molecule has 174 valence electrons. The number of amides is 1. The van der Waals surface area contributed by atoms with Gasteiger partial charge in [-0.15, -0.1) is 24.8 Å². The summed E-state index contributed by atoms with van der Waals surface area (Å²) in [5, 5.41) is 7.84. The minimum atomic E-state index is -3.72. The molecule has 0 saturated carbocycles. The molecule has 0 unspecified atom stereocenters. The van der Waals surface area contributed by atoms with Gasteiger partial charge in [0, 0.05) is 44.5 Å². The van der Waals surface area contributed by atoms with Crippen LogP contribution < -0.4 is 15.4 Å². The van der Waals surface area contributed by atoms with E-state index in [9.17, 15) is 13.2 Å². The number of hydrogen-bond acceptors (Lipinski definition) is 6. The van der Waals surface area contributed by atoms with Crippen LogP contribution in [0.2, 0.25) is 0 Å². The molecule has 3 rings (SSSR count). The van der Waals surface area contributed by atoms with E-state index >= 15 is 0 Å². The number of pyridine rings is 1. The van der Waals surface area contributed by atoms with Crippen LogP contribution in [0.1, 0.15) is 12.8 Å². The number of anilines is 2. The summed E-state index contributed by atoms with van der Waals surface area (Å²) in [5.41, 5.74) is 0.557. The molecule has 5 N–H and O–H groups in total. The van der Waals surface area contributed by atoms with Gasteiger partial charge in [-0.3, -0.25) is 9.69 Å². The van der Waals surface area contributed by atoms with E-state index < -0.39 is 10.0 Å². The van der Waals surface area contributed by atoms with Gasteiger partial charge in [-0.25, -0.2) is 18.5 Å². The van der Waals surface area contributed by atoms with Crippen LogP contribution in [0.25, 0.3) is 0 Å². The average Bonchev–Trinajstić information content (AvgIpc) is 2.69. The molecule has 12 heteroatoms. The fraction of sp³-hybridized carbons (Fsp3) is 0.368. The highest BCUT2D eigenvalue weighted by molar-refractivity contribution is 7.89. The molecule has 1 aromatic heterocycles. The molecule has 0 atom stereocenters. The van der Waals surface area contributed by atoms with Gasteiger partial charge in [0.15, 0.2) is 0 Å². The highest BCUT2D eigenvalue weighted by Crippen LogP contribution is 2.14. The molecule has 1 aliphatic heterocycles. The first-order valence-corrected chi connectivity index (χ1v) is 10.8. The summed E-state index contributed by atoms with van der Waals surface area (Å²) in [6.45, 7) is 4.63. The molecule has 2 aromatic rings. The Balaban J connectivity index is 0.00000300. The van der Waals surface area contributed by atoms with E-state index in [1.54, 1.807) is 0 Å². The molecule has 1 aliphatic rings. The molecular formula is C19H29Cl2N5O4S. The number of nitrogens with zero attached hydrogens (tertiary/aromatic N) is 3. The van der Waals surface area contributed by atoms with Crippen LogP contribution in [0.5, 0.6) is 0 Å². The quantitative estimate of drug-likeness (QED) is 0.595. The third-order valence-electron chi connectivity index (χ3n) is 4.69. The Labute approximate surface area is 195 Å². The Morgan fingerprint density at radius 3 is 2.23 bits per heavy atom. The number of nitrogens with two attached hydrogens (primary N) is 1. The number of aromatic nitrogens is 1. The van der Waals surface area contributed by atoms with E-state index in [0.29, 0.717) is 12.1 Å². The lowest BCUT2D eigenvalue weighted by Gasteiger charge is -2.35. The minimum absolute atomic E-state index is 0. The molecule has 0 radical (unpaired) electrons. The van der Waals surface area contributed by atoms with E-state index in [4.69, 9.17) is 5.14 Å². The summed E-state index contributed by atoms with van der Waals surface area (Å²) in [6.07, 6.45) is 2.99. The smallest absolute Gasteiger partial charge is 0.238 e. The van der Waals surface area contributed by atoms with Crippen molar-refractivity contribution in [3.63, 3.8) is 0 Å². The maximum Gasteiger partial charge on any atom is 0.238 e. The minimum Gasteiger partial charge on any atom is -0.412 e. The van der Waals surface area contributed by atoms with Crippen LogP contribution in [0.15, 0.2) is 53.6 Å². The van der Waals surface area contributed by atoms with Gasteiger partial charge < -0.3 is 15.7 Å². The standard InChI is InChI=1S/C19H25N5O3S.2ClH.H2O/c20-28(26,27)17-8-6-16(7-9-17)22-19(25)5-3-11-23-12-14-24(15-13-23)18-4-1-2-10-21-18;;;/h1-2,4,6-10H,3,5,11-15H2,(H,22,25)(H2,20,26,27);2*1H;1H2. The van der Waals surface area contributed by atoms with Crippen LogP contribution in [-0.2, 0) is 14.8 Å². The van der Waals surface area contributed by atoms with E-state index in [1.165, 1.54) is 24.3 Å². The second kappa shape index (κ2) is 13.5. The highest BCUT2D eigenvalue weighted by Gasteiger charge is 2.17. The Bertz CT molecular complexity index is 893. The zero-order chi connectivity index (χ0) is 20.0. The third-order valence-corrected chi connectivity index (χ3v) is 5.62. The van der Waals surface area contributed by atoms with Crippen molar-refractivity contribution in [3.05, 3.63) is 48.7 Å². The van der Waals surface area contributed by atoms with Gasteiger partial charge in [0.2, 0.25) is 15.9 Å². The van der Waals surface area contributed by atoms with Crippen molar-refractivity contribution >= 4 is 52.2 Å². The number of sulfonamides is 1. The molecule has 1 saturated heterocycles. The first-order valence-electron chi connectivity index (χ1n) is 9.23. The monoisotopic (exact) mass is 493 g/mol. The molecule has 0 spiro atoms. The fourth-order valence-electron chi connectivity index (χ4n) is 3.16. The van der Waals surface area contributed by atoms with Crippen molar-refractivity contribution in [1.82, 2.24) is 9.88 Å². The third kappa shape index (κ3) is 8.98. The van der Waals surface area contributed by atoms with Gasteiger partial charge >= 0.3 is 0 Å². The molecule has 0 bridgehead atoms. The van der Waals surface area contributed by atoms with Crippen LogP contribution in [-0.4, -0.2) is 62.4 Å². The van der Waals surface area contributed by atoms with Crippen molar-refractivity contribution in [2.45, 2.75) is 17.7 Å². The second-order valence-electron chi connectivity index (χ2n) is 6.74. The van der Waals surface area contributed by atoms with Gasteiger partial charge in [-0.05, 0) is 49.4 Å². The predicted octanol–water partition coefficient (Wildman–Crippen LogP) is 1.29. The van der Waals surface area contributed by atoms with Crippen molar-refractivity contribution in [2.75, 3.05) is 42.9 Å². The Morgan fingerprint density at radius 1 is 1.03 bits per heavy atom. The molecule has 2 heterocycles. The molecule has 1 aromatic carbocycles. The SMILES string of the molecule is Cl.Cl.NS(=O)(=O)c1ccc(NC(=O)CCCN2CCN(c3ccccn3)CC2)cc1.O. The van der Waals surface area contributed by atoms with Crippen molar-refractivity contribution in [1.29, 1.82) is 0 Å². The maximum atomic E-state index is 12.1. The summed E-state index contributed by atoms with van der Waals surface area (Å²) in [5.74, 6) is 0.922. The summed E-state index contributed by atoms with van der Waals surface area (Å²) < 4.78 is 22.5. The number of halogens is 2. The Hall–Kier alpha value is -1.95. The van der Waals surface area contributed by atoms with E-state index in [0.717, 1.165) is 45.0 Å². The number of benzene rings is 1. The topological polar surface area (TPSA) is 140 Å². The van der Waals surface area contributed by atoms with Gasteiger partial charge in [0.1, 0.15) is 5.82 Å². The first kappa shape index (κ1) is 29.1. The highest BCUT2D eigenvalue weighted by atomic mass is 35.5. The number of rotatable bonds is 7. The number of nitrogens with one attached hydrogen (secondary N) is 1. The van der Waals surface area contributed by atoms with Gasteiger partial charge in [0.05, 0.1) is 4.90 Å². The Kier molecular flexibility index (Phi) is 12.6. The van der Waals surface area contributed by atoms with Crippen molar-refractivity contribution in [3.8, 4) is 0 Å². The fourth-order valence-corrected chi connectivity index (χ4v) is 3.67. The molecule has 1 amide bonds. The van der Waals surface area contributed by atoms with Crippen LogP contribution >= 0.6 is 24.8 Å². The van der Waals surface area contributed by atoms with Gasteiger partial charge in [-0.2, -0.15) is 0 Å². The lowest BCUT2D eigenvalue weighted by atomic mass is 10.2. The molecule has 9 nitrogen and oxygen atoms in total. The summed E-state index contributed by atoms with van der Waals surface area (Å²) in [7, 11) is -3.72. The number of primary sulfonamides is 1. The summed E-state index contributed by atoms with van der Waals surface area (Å²) >= 11 is 0. The lowest BCUT2D eigenvalue weighted by molar-refractivity contribution is -0.116. The molecule has 0 aliphatic carbocycles. The van der Waals surface area contributed by atoms with E-state index in [1.807, 2.05) is 24.4 Å². The largest absolute Gasteiger partial charge is 0.412 e. The lowest BCUT2D eigenvalue weighted by Crippen LogP contribution is -2.47. The molecule has 1 fully saturated rings. The Morgan fingerprint density at radius 2 is 1.68 bits per heavy atom.